The molecular weight excluding hydrogens is 433 g/mol. The number of fused-ring (bicyclic) bond motifs is 1. The molecule has 4 heterocycles. The van der Waals surface area contributed by atoms with Crippen LogP contribution < -0.4 is 4.90 Å². The molecule has 0 unspecified atom stereocenters. The van der Waals surface area contributed by atoms with Gasteiger partial charge < -0.3 is 9.64 Å². The van der Waals surface area contributed by atoms with Gasteiger partial charge in [-0.3, -0.25) is 0 Å². The molecule has 162 valence electrons. The van der Waals surface area contributed by atoms with Crippen LogP contribution in [0.3, 0.4) is 0 Å². The van der Waals surface area contributed by atoms with Gasteiger partial charge >= 0.3 is 0 Å². The summed E-state index contributed by atoms with van der Waals surface area (Å²) in [6, 6.07) is 4.47. The predicted octanol–water partition coefficient (Wildman–Crippen LogP) is 3.86. The molecule has 0 N–H and O–H groups in total. The summed E-state index contributed by atoms with van der Waals surface area (Å²) in [4.78, 5) is 28.8. The smallest absolute Gasteiger partial charge is 0.228 e. The summed E-state index contributed by atoms with van der Waals surface area (Å²) in [7, 11) is 0. The van der Waals surface area contributed by atoms with E-state index in [0.717, 1.165) is 5.56 Å². The zero-order chi connectivity index (χ0) is 22.2. The van der Waals surface area contributed by atoms with Crippen LogP contribution in [-0.2, 0) is 4.74 Å². The first-order valence-corrected chi connectivity index (χ1v) is 10.5. The van der Waals surface area contributed by atoms with Gasteiger partial charge in [0.2, 0.25) is 5.95 Å². The monoisotopic (exact) mass is 451 g/mol. The van der Waals surface area contributed by atoms with E-state index in [-0.39, 0.29) is 11.7 Å². The van der Waals surface area contributed by atoms with Crippen molar-refractivity contribution in [1.82, 2.24) is 29.9 Å². The highest BCUT2D eigenvalue weighted by Crippen LogP contribution is 2.31. The Morgan fingerprint density at radius 1 is 1.06 bits per heavy atom. The Morgan fingerprint density at radius 3 is 2.66 bits per heavy atom. The van der Waals surface area contributed by atoms with E-state index in [1.54, 1.807) is 30.7 Å². The highest BCUT2D eigenvalue weighted by Gasteiger charge is 2.26. The molecule has 0 radical (unpaired) electrons. The molecule has 0 spiro atoms. The van der Waals surface area contributed by atoms with Crippen LogP contribution in [0.5, 0.6) is 0 Å². The average molecular weight is 452 g/mol. The van der Waals surface area contributed by atoms with E-state index in [0.29, 0.717) is 59.0 Å². The second kappa shape index (κ2) is 8.33. The summed E-state index contributed by atoms with van der Waals surface area (Å²) in [5.74, 6) is 0.647. The zero-order valence-corrected chi connectivity index (χ0v) is 18.2. The molecule has 3 aromatic heterocycles. The summed E-state index contributed by atoms with van der Waals surface area (Å²) in [5.41, 5.74) is 3.08. The fourth-order valence-corrected chi connectivity index (χ4v) is 3.75. The van der Waals surface area contributed by atoms with Crippen LogP contribution in [0.15, 0.2) is 36.8 Å². The minimum Gasteiger partial charge on any atom is -0.370 e. The Hall–Kier alpha value is -3.30. The third kappa shape index (κ3) is 3.96. The molecule has 1 aliphatic rings. The van der Waals surface area contributed by atoms with Crippen molar-refractivity contribution in [3.63, 3.8) is 0 Å². The molecule has 1 aromatic carbocycles. The molecular formula is C22H19ClFN7O. The number of ether oxygens (including phenoxy) is 1. The van der Waals surface area contributed by atoms with Gasteiger partial charge in [0.25, 0.3) is 0 Å². The lowest BCUT2D eigenvalue weighted by Gasteiger charge is -2.33. The predicted molar refractivity (Wildman–Crippen MR) is 118 cm³/mol. The molecule has 0 bridgehead atoms. The fraction of sp³-hybridized carbons (Fsp3) is 0.273. The summed E-state index contributed by atoms with van der Waals surface area (Å²) < 4.78 is 20.7. The summed E-state index contributed by atoms with van der Waals surface area (Å²) in [6.07, 6.45) is 4.91. The maximum atomic E-state index is 14.8. The van der Waals surface area contributed by atoms with E-state index in [1.165, 1.54) is 6.07 Å². The summed E-state index contributed by atoms with van der Waals surface area (Å²) >= 11 is 5.95. The number of benzene rings is 1. The second-order valence-corrected chi connectivity index (χ2v) is 7.99. The minimum atomic E-state index is -0.484. The van der Waals surface area contributed by atoms with Gasteiger partial charge in [-0.2, -0.15) is 4.98 Å². The largest absolute Gasteiger partial charge is 0.370 e. The number of aromatic nitrogens is 6. The lowest BCUT2D eigenvalue weighted by Crippen LogP contribution is -2.39. The van der Waals surface area contributed by atoms with Crippen LogP contribution in [-0.4, -0.2) is 49.6 Å². The molecule has 5 rings (SSSR count). The van der Waals surface area contributed by atoms with Crippen LogP contribution in [0.25, 0.3) is 22.4 Å². The Kier molecular flexibility index (Phi) is 5.36. The SMILES string of the molecule is Cc1cnc2c(-c3ccc(Cl)cc3F)nc(N3CCO[C@@H](c4cnc(C)nc4)C3)nc2n1. The lowest BCUT2D eigenvalue weighted by atomic mass is 10.1. The molecule has 32 heavy (non-hydrogen) atoms. The standard InChI is InChI=1S/C22H19ClFN7O/c1-12-8-27-20-19(16-4-3-15(23)7-17(16)24)29-22(30-21(20)28-12)31-5-6-32-18(11-31)14-9-25-13(2)26-10-14/h3-4,7-10,18H,5-6,11H2,1-2H3/t18-/m1/s1. The van der Waals surface area contributed by atoms with Gasteiger partial charge in [0.15, 0.2) is 5.65 Å². The highest BCUT2D eigenvalue weighted by atomic mass is 35.5. The number of anilines is 1. The van der Waals surface area contributed by atoms with E-state index in [4.69, 9.17) is 21.3 Å². The van der Waals surface area contributed by atoms with E-state index in [2.05, 4.69) is 24.9 Å². The molecule has 0 aliphatic carbocycles. The maximum Gasteiger partial charge on any atom is 0.228 e. The van der Waals surface area contributed by atoms with Gasteiger partial charge in [0, 0.05) is 41.3 Å². The molecule has 4 aromatic rings. The highest BCUT2D eigenvalue weighted by molar-refractivity contribution is 6.30. The first-order valence-electron chi connectivity index (χ1n) is 10.1. The van der Waals surface area contributed by atoms with Crippen molar-refractivity contribution in [2.45, 2.75) is 20.0 Å². The molecule has 1 saturated heterocycles. The van der Waals surface area contributed by atoms with E-state index >= 15 is 0 Å². The third-order valence-electron chi connectivity index (χ3n) is 5.22. The maximum absolute atomic E-state index is 14.8. The first kappa shape index (κ1) is 20.6. The number of hydrogen-bond acceptors (Lipinski definition) is 8. The van der Waals surface area contributed by atoms with Gasteiger partial charge in [-0.25, -0.2) is 29.3 Å². The first-order chi connectivity index (χ1) is 15.5. The van der Waals surface area contributed by atoms with E-state index < -0.39 is 5.82 Å². The van der Waals surface area contributed by atoms with Crippen molar-refractivity contribution >= 4 is 28.7 Å². The van der Waals surface area contributed by atoms with Gasteiger partial charge in [-0.05, 0) is 32.0 Å². The third-order valence-corrected chi connectivity index (χ3v) is 5.46. The van der Waals surface area contributed by atoms with Crippen molar-refractivity contribution in [1.29, 1.82) is 0 Å². The Labute approximate surface area is 188 Å². The Morgan fingerprint density at radius 2 is 1.88 bits per heavy atom. The minimum absolute atomic E-state index is 0.233. The summed E-state index contributed by atoms with van der Waals surface area (Å²) in [6.45, 7) is 5.22. The van der Waals surface area contributed by atoms with Crippen molar-refractivity contribution in [2.75, 3.05) is 24.6 Å². The van der Waals surface area contributed by atoms with Crippen molar-refractivity contribution in [2.24, 2.45) is 0 Å². The fourth-order valence-electron chi connectivity index (χ4n) is 3.59. The van der Waals surface area contributed by atoms with Crippen LogP contribution in [0.2, 0.25) is 5.02 Å². The molecule has 0 saturated carbocycles. The molecule has 1 atom stereocenters. The van der Waals surface area contributed by atoms with E-state index in [9.17, 15) is 4.39 Å². The van der Waals surface area contributed by atoms with Crippen LogP contribution in [0.1, 0.15) is 23.2 Å². The lowest BCUT2D eigenvalue weighted by molar-refractivity contribution is 0.0388. The van der Waals surface area contributed by atoms with Crippen LogP contribution >= 0.6 is 11.6 Å². The summed E-state index contributed by atoms with van der Waals surface area (Å²) in [5, 5.41) is 0.308. The molecule has 1 fully saturated rings. The molecule has 1 aliphatic heterocycles. The quantitative estimate of drug-likeness (QED) is 0.463. The van der Waals surface area contributed by atoms with Crippen molar-refractivity contribution in [3.05, 3.63) is 64.7 Å². The van der Waals surface area contributed by atoms with Crippen LogP contribution in [0.4, 0.5) is 10.3 Å². The molecule has 0 amide bonds. The average Bonchev–Trinajstić information content (AvgIpc) is 2.79. The molecule has 8 nitrogen and oxygen atoms in total. The zero-order valence-electron chi connectivity index (χ0n) is 17.5. The normalized spacial score (nSPS) is 16.5. The van der Waals surface area contributed by atoms with Crippen molar-refractivity contribution in [3.8, 4) is 11.3 Å². The second-order valence-electron chi connectivity index (χ2n) is 7.55. The van der Waals surface area contributed by atoms with Gasteiger partial charge in [0.1, 0.15) is 29.0 Å². The Balaban J connectivity index is 1.58. The van der Waals surface area contributed by atoms with Crippen LogP contribution in [0, 0.1) is 19.7 Å². The number of nitrogens with zero attached hydrogens (tertiary/aromatic N) is 7. The number of morpholine rings is 1. The number of aryl methyl sites for hydroxylation is 2. The Bertz CT molecular complexity index is 1300. The van der Waals surface area contributed by atoms with Gasteiger partial charge in [-0.1, -0.05) is 11.6 Å². The van der Waals surface area contributed by atoms with Gasteiger partial charge in [0.05, 0.1) is 18.8 Å². The number of hydrogen-bond donors (Lipinski definition) is 0. The van der Waals surface area contributed by atoms with E-state index in [1.807, 2.05) is 18.7 Å². The molecule has 10 heteroatoms. The number of halogens is 2. The number of rotatable bonds is 3. The van der Waals surface area contributed by atoms with Crippen molar-refractivity contribution < 1.29 is 9.13 Å². The topological polar surface area (TPSA) is 89.8 Å². The van der Waals surface area contributed by atoms with Gasteiger partial charge in [-0.15, -0.1) is 0 Å².